The third-order valence-corrected chi connectivity index (χ3v) is 4.37. The summed E-state index contributed by atoms with van der Waals surface area (Å²) < 4.78 is 17.0. The Morgan fingerprint density at radius 3 is 2.52 bits per heavy atom. The fourth-order valence-electron chi connectivity index (χ4n) is 3.25. The molecule has 0 saturated heterocycles. The fraction of sp³-hybridized carbons (Fsp3) is 0.471. The highest BCUT2D eigenvalue weighted by atomic mass is 16.5. The third-order valence-electron chi connectivity index (χ3n) is 4.37. The van der Waals surface area contributed by atoms with Crippen molar-refractivity contribution in [3.05, 3.63) is 42.0 Å². The Kier molecular flexibility index (Phi) is 4.08. The third kappa shape index (κ3) is 2.74. The molecule has 1 aliphatic carbocycles. The van der Waals surface area contributed by atoms with Gasteiger partial charge in [-0.15, -0.1) is 0 Å². The maximum absolute atomic E-state index is 12.5. The van der Waals surface area contributed by atoms with Crippen LogP contribution < -0.4 is 0 Å². The number of carbonyl (C=O) groups is 1. The molecule has 2 aliphatic rings. The molecule has 1 saturated carbocycles. The minimum Gasteiger partial charge on any atom is -0.489 e. The van der Waals surface area contributed by atoms with Gasteiger partial charge in [0.25, 0.3) is 0 Å². The molecule has 1 heterocycles. The molecule has 0 amide bonds. The summed E-state index contributed by atoms with van der Waals surface area (Å²) >= 11 is 0. The van der Waals surface area contributed by atoms with Gasteiger partial charge in [0.15, 0.2) is 5.78 Å². The number of carbonyl (C=O) groups excluding carboxylic acids is 1. The SMILES string of the molecule is COC1CC(OC)C2C(=O)C=C(c3ccccc3)OC2C1. The van der Waals surface area contributed by atoms with Crippen molar-refractivity contribution in [3.8, 4) is 0 Å². The highest BCUT2D eigenvalue weighted by molar-refractivity contribution is 5.99. The maximum Gasteiger partial charge on any atom is 0.168 e. The highest BCUT2D eigenvalue weighted by Gasteiger charge is 2.45. The second-order valence-electron chi connectivity index (χ2n) is 5.56. The van der Waals surface area contributed by atoms with Crippen LogP contribution in [0, 0.1) is 5.92 Å². The van der Waals surface area contributed by atoms with E-state index in [2.05, 4.69) is 0 Å². The molecular formula is C17H20O4. The second kappa shape index (κ2) is 6.00. The Labute approximate surface area is 124 Å². The lowest BCUT2D eigenvalue weighted by molar-refractivity contribution is -0.142. The molecule has 4 heteroatoms. The Morgan fingerprint density at radius 2 is 1.86 bits per heavy atom. The number of hydrogen-bond acceptors (Lipinski definition) is 4. The topological polar surface area (TPSA) is 44.8 Å². The summed E-state index contributed by atoms with van der Waals surface area (Å²) in [6, 6.07) is 9.72. The van der Waals surface area contributed by atoms with Crippen LogP contribution >= 0.6 is 0 Å². The zero-order chi connectivity index (χ0) is 14.8. The Balaban J connectivity index is 1.89. The molecule has 1 aliphatic heterocycles. The average molecular weight is 288 g/mol. The van der Waals surface area contributed by atoms with Crippen molar-refractivity contribution in [2.75, 3.05) is 14.2 Å². The van der Waals surface area contributed by atoms with E-state index in [1.807, 2.05) is 30.3 Å². The van der Waals surface area contributed by atoms with Crippen molar-refractivity contribution in [3.63, 3.8) is 0 Å². The molecule has 4 atom stereocenters. The second-order valence-corrected chi connectivity index (χ2v) is 5.56. The van der Waals surface area contributed by atoms with Crippen molar-refractivity contribution >= 4 is 11.5 Å². The lowest BCUT2D eigenvalue weighted by Crippen LogP contribution is -2.49. The van der Waals surface area contributed by atoms with Gasteiger partial charge >= 0.3 is 0 Å². The molecule has 1 fully saturated rings. The molecular weight excluding hydrogens is 268 g/mol. The highest BCUT2D eigenvalue weighted by Crippen LogP contribution is 2.38. The van der Waals surface area contributed by atoms with Crippen LogP contribution in [0.4, 0.5) is 0 Å². The van der Waals surface area contributed by atoms with Crippen LogP contribution in [-0.2, 0) is 19.0 Å². The first-order chi connectivity index (χ1) is 10.2. The predicted molar refractivity (Wildman–Crippen MR) is 78.6 cm³/mol. The molecule has 4 nitrogen and oxygen atoms in total. The molecule has 4 unspecified atom stereocenters. The number of ether oxygens (including phenoxy) is 3. The van der Waals surface area contributed by atoms with Crippen LogP contribution in [0.1, 0.15) is 18.4 Å². The molecule has 0 bridgehead atoms. The monoisotopic (exact) mass is 288 g/mol. The molecule has 1 aromatic carbocycles. The van der Waals surface area contributed by atoms with E-state index in [-0.39, 0.29) is 30.0 Å². The predicted octanol–water partition coefficient (Wildman–Crippen LogP) is 2.44. The Morgan fingerprint density at radius 1 is 1.10 bits per heavy atom. The van der Waals surface area contributed by atoms with E-state index in [1.54, 1.807) is 20.3 Å². The van der Waals surface area contributed by atoms with E-state index < -0.39 is 0 Å². The largest absolute Gasteiger partial charge is 0.489 e. The van der Waals surface area contributed by atoms with E-state index >= 15 is 0 Å². The van der Waals surface area contributed by atoms with Crippen LogP contribution in [0.3, 0.4) is 0 Å². The Bertz CT molecular complexity index is 537. The van der Waals surface area contributed by atoms with E-state index in [0.29, 0.717) is 5.76 Å². The number of fused-ring (bicyclic) bond motifs is 1. The van der Waals surface area contributed by atoms with E-state index in [0.717, 1.165) is 18.4 Å². The van der Waals surface area contributed by atoms with Gasteiger partial charge in [-0.3, -0.25) is 4.79 Å². The average Bonchev–Trinajstić information content (AvgIpc) is 2.54. The zero-order valence-corrected chi connectivity index (χ0v) is 12.3. The number of benzene rings is 1. The van der Waals surface area contributed by atoms with Gasteiger partial charge in [-0.05, 0) is 0 Å². The van der Waals surface area contributed by atoms with Crippen molar-refractivity contribution in [2.24, 2.45) is 5.92 Å². The van der Waals surface area contributed by atoms with Gasteiger partial charge in [-0.25, -0.2) is 0 Å². The van der Waals surface area contributed by atoms with Crippen molar-refractivity contribution in [1.29, 1.82) is 0 Å². The van der Waals surface area contributed by atoms with Gasteiger partial charge in [0.05, 0.1) is 18.1 Å². The molecule has 0 aromatic heterocycles. The lowest BCUT2D eigenvalue weighted by Gasteiger charge is -2.41. The first-order valence-electron chi connectivity index (χ1n) is 7.26. The summed E-state index contributed by atoms with van der Waals surface area (Å²) in [5.41, 5.74) is 0.929. The molecule has 0 spiro atoms. The molecule has 3 rings (SSSR count). The van der Waals surface area contributed by atoms with Gasteiger partial charge in [-0.2, -0.15) is 0 Å². The van der Waals surface area contributed by atoms with Gasteiger partial charge in [-0.1, -0.05) is 30.3 Å². The maximum atomic E-state index is 12.5. The van der Waals surface area contributed by atoms with Crippen LogP contribution in [-0.4, -0.2) is 38.3 Å². The lowest BCUT2D eigenvalue weighted by atomic mass is 9.78. The first kappa shape index (κ1) is 14.3. The summed E-state index contributed by atoms with van der Waals surface area (Å²) in [7, 11) is 3.33. The number of hydrogen-bond donors (Lipinski definition) is 0. The van der Waals surface area contributed by atoms with Gasteiger partial charge in [0, 0.05) is 38.7 Å². The van der Waals surface area contributed by atoms with Crippen LogP contribution in [0.25, 0.3) is 5.76 Å². The van der Waals surface area contributed by atoms with Gasteiger partial charge in [0.2, 0.25) is 0 Å². The van der Waals surface area contributed by atoms with E-state index in [9.17, 15) is 4.79 Å². The minimum atomic E-state index is -0.228. The summed E-state index contributed by atoms with van der Waals surface area (Å²) in [5.74, 6) is 0.508. The molecule has 112 valence electrons. The normalized spacial score (nSPS) is 32.1. The first-order valence-corrected chi connectivity index (χ1v) is 7.26. The fourth-order valence-corrected chi connectivity index (χ4v) is 3.25. The summed E-state index contributed by atoms with van der Waals surface area (Å²) in [5, 5.41) is 0. The standard InChI is InChI=1S/C17H20O4/c1-19-12-8-15(20-2)17-13(18)10-14(21-16(17)9-12)11-6-4-3-5-7-11/h3-7,10,12,15-17H,8-9H2,1-2H3. The molecule has 1 aromatic rings. The number of allylic oxidation sites excluding steroid dienone is 1. The molecule has 0 radical (unpaired) electrons. The minimum absolute atomic E-state index is 0.0686. The summed E-state index contributed by atoms with van der Waals surface area (Å²) in [6.45, 7) is 0. The summed E-state index contributed by atoms with van der Waals surface area (Å²) in [4.78, 5) is 12.5. The quantitative estimate of drug-likeness (QED) is 0.857. The number of rotatable bonds is 3. The van der Waals surface area contributed by atoms with Crippen LogP contribution in [0.5, 0.6) is 0 Å². The number of ketones is 1. The van der Waals surface area contributed by atoms with Crippen molar-refractivity contribution in [1.82, 2.24) is 0 Å². The van der Waals surface area contributed by atoms with Crippen molar-refractivity contribution in [2.45, 2.75) is 31.2 Å². The van der Waals surface area contributed by atoms with Crippen molar-refractivity contribution < 1.29 is 19.0 Å². The van der Waals surface area contributed by atoms with Crippen LogP contribution in [0.15, 0.2) is 36.4 Å². The summed E-state index contributed by atoms with van der Waals surface area (Å²) in [6.07, 6.45) is 2.81. The molecule has 0 N–H and O–H groups in total. The Hall–Kier alpha value is -1.65. The van der Waals surface area contributed by atoms with Gasteiger partial charge < -0.3 is 14.2 Å². The zero-order valence-electron chi connectivity index (χ0n) is 12.3. The van der Waals surface area contributed by atoms with Crippen LogP contribution in [0.2, 0.25) is 0 Å². The molecule has 21 heavy (non-hydrogen) atoms. The van der Waals surface area contributed by atoms with E-state index in [4.69, 9.17) is 14.2 Å². The number of methoxy groups -OCH3 is 2. The van der Waals surface area contributed by atoms with Gasteiger partial charge in [0.1, 0.15) is 11.9 Å². The smallest absolute Gasteiger partial charge is 0.168 e. The van der Waals surface area contributed by atoms with E-state index in [1.165, 1.54) is 0 Å².